The van der Waals surface area contributed by atoms with Crippen LogP contribution < -0.4 is 59.2 Å². The molecule has 0 atom stereocenters. The Hall–Kier alpha value is -13.4. The second kappa shape index (κ2) is 28.5. The molecule has 0 aliphatic carbocycles. The molecule has 4 amide bonds. The number of para-hydroxylation sites is 8. The normalized spacial score (nSPS) is 11.3. The number of fused-ring (bicyclic) bond motifs is 8. The van der Waals surface area contributed by atoms with Crippen molar-refractivity contribution in [3.8, 4) is 90.5 Å². The minimum absolute atomic E-state index is 0.231. The third-order valence-corrected chi connectivity index (χ3v) is 17.1. The van der Waals surface area contributed by atoms with Gasteiger partial charge in [-0.25, -0.2) is 9.97 Å². The molecule has 0 saturated heterocycles. The van der Waals surface area contributed by atoms with Gasteiger partial charge >= 0.3 is 0 Å². The van der Waals surface area contributed by atoms with E-state index in [0.29, 0.717) is 135 Å². The Bertz CT molecular complexity index is 4680. The van der Waals surface area contributed by atoms with Crippen molar-refractivity contribution in [3.05, 3.63) is 239 Å². The van der Waals surface area contributed by atoms with Gasteiger partial charge in [0, 0.05) is 89.3 Å². The highest BCUT2D eigenvalue weighted by molar-refractivity contribution is 6.14. The lowest BCUT2D eigenvalue weighted by atomic mass is 10.0. The lowest BCUT2D eigenvalue weighted by molar-refractivity contribution is 0.101. The monoisotopic (exact) mass is 1330 g/mol. The van der Waals surface area contributed by atoms with Gasteiger partial charge < -0.3 is 69.1 Å². The molecule has 0 fully saturated rings. The minimum Gasteiger partial charge on any atom is -0.493 e. The van der Waals surface area contributed by atoms with Crippen LogP contribution in [0.1, 0.15) is 64.2 Å². The predicted octanol–water partition coefficient (Wildman–Crippen LogP) is 16.4. The Morgan fingerprint density at radius 2 is 0.490 bits per heavy atom. The Morgan fingerprint density at radius 1 is 0.270 bits per heavy atom. The molecule has 100 heavy (non-hydrogen) atoms. The molecule has 498 valence electrons. The summed E-state index contributed by atoms with van der Waals surface area (Å²) < 4.78 is 45.4. The van der Waals surface area contributed by atoms with E-state index < -0.39 is 23.6 Å². The fourth-order valence-corrected chi connectivity index (χ4v) is 12.6. The van der Waals surface area contributed by atoms with E-state index in [4.69, 9.17) is 47.9 Å². The van der Waals surface area contributed by atoms with Gasteiger partial charge in [0.1, 0.15) is 0 Å². The van der Waals surface area contributed by atoms with Crippen LogP contribution in [0, 0.1) is 0 Å². The standard InChI is InChI=1S/C80H66N8O12/c1-93-65-33-17-25-49(73(65)97-5)77(89)85-53-29-13-9-21-45(53)69-57-37-39-59(81-57)70(46-22-10-14-30-54(46)86-78(90)50-26-18-34-66(94-2)74(50)98-6)61-41-43-63(83-61)72(48-24-12-16-32-56(48)88-80(92)52-28-20-36-68(96-4)76(52)100-8)64-44-42-62(84-64)71(60-40-38-58(69)82-60)47-23-11-15-31-55(47)87-79(91)51-27-19-35-67(95-3)75(51)99-7/h9-44,81,84H,1-8H3,(H,85,89)(H,86,90)(H,87,91)(H,88,92). The number of nitrogens with zero attached hydrogens (tertiary/aromatic N) is 2. The molecule has 11 aromatic rings. The van der Waals surface area contributed by atoms with Crippen molar-refractivity contribution < 1.29 is 57.1 Å². The molecule has 2 aliphatic heterocycles. The number of rotatable bonds is 20. The number of benzene rings is 8. The predicted molar refractivity (Wildman–Crippen MR) is 391 cm³/mol. The van der Waals surface area contributed by atoms with Crippen LogP contribution in [0.15, 0.2) is 194 Å². The maximum absolute atomic E-state index is 14.7. The number of carbonyl (C=O) groups is 4. The summed E-state index contributed by atoms with van der Waals surface area (Å²) in [4.78, 5) is 77.6. The Morgan fingerprint density at radius 3 is 0.700 bits per heavy atom. The van der Waals surface area contributed by atoms with Crippen molar-refractivity contribution in [1.82, 2.24) is 19.9 Å². The molecule has 5 heterocycles. The summed E-state index contributed by atoms with van der Waals surface area (Å²) >= 11 is 0. The van der Waals surface area contributed by atoms with Gasteiger partial charge in [0.15, 0.2) is 46.0 Å². The van der Waals surface area contributed by atoms with E-state index >= 15 is 0 Å². The van der Waals surface area contributed by atoms with Gasteiger partial charge in [-0.05, 0) is 121 Å². The molecule has 13 rings (SSSR count). The number of carbonyl (C=O) groups excluding carboxylic acids is 4. The maximum atomic E-state index is 14.7. The fourth-order valence-electron chi connectivity index (χ4n) is 12.6. The number of ether oxygens (including phenoxy) is 8. The summed E-state index contributed by atoms with van der Waals surface area (Å²) in [5.74, 6) is 0.615. The third kappa shape index (κ3) is 12.4. The lowest BCUT2D eigenvalue weighted by Crippen LogP contribution is -2.14. The molecule has 0 unspecified atom stereocenters. The zero-order valence-corrected chi connectivity index (χ0v) is 55.6. The molecule has 0 spiro atoms. The average Bonchev–Trinajstić information content (AvgIpc) is 1.57. The number of hydrogen-bond acceptors (Lipinski definition) is 14. The van der Waals surface area contributed by atoms with Gasteiger partial charge in [0.05, 0.1) is 102 Å². The highest BCUT2D eigenvalue weighted by atomic mass is 16.5. The van der Waals surface area contributed by atoms with E-state index in [1.54, 1.807) is 72.8 Å². The van der Waals surface area contributed by atoms with Gasteiger partial charge in [0.2, 0.25) is 0 Å². The summed E-state index contributed by atoms with van der Waals surface area (Å²) in [6.45, 7) is 0. The lowest BCUT2D eigenvalue weighted by Gasteiger charge is -2.16. The van der Waals surface area contributed by atoms with Crippen LogP contribution in [0.3, 0.4) is 0 Å². The molecule has 8 bridgehead atoms. The number of methoxy groups -OCH3 is 8. The number of H-pyrrole nitrogens is 2. The zero-order valence-electron chi connectivity index (χ0n) is 55.6. The summed E-state index contributed by atoms with van der Waals surface area (Å²) in [6.07, 6.45) is 7.61. The first-order valence-electron chi connectivity index (χ1n) is 31.5. The smallest absolute Gasteiger partial charge is 0.259 e. The van der Waals surface area contributed by atoms with Gasteiger partial charge in [-0.15, -0.1) is 0 Å². The van der Waals surface area contributed by atoms with Crippen LogP contribution in [-0.2, 0) is 0 Å². The molecule has 20 nitrogen and oxygen atoms in total. The van der Waals surface area contributed by atoms with E-state index in [1.165, 1.54) is 56.9 Å². The van der Waals surface area contributed by atoms with E-state index in [0.717, 1.165) is 0 Å². The van der Waals surface area contributed by atoms with Crippen molar-refractivity contribution in [3.63, 3.8) is 0 Å². The fraction of sp³-hybridized carbons (Fsp3) is 0.100. The Kier molecular flexibility index (Phi) is 18.6. The minimum atomic E-state index is -0.471. The van der Waals surface area contributed by atoms with Crippen molar-refractivity contribution >= 4 is 92.7 Å². The number of anilines is 4. The van der Waals surface area contributed by atoms with Crippen molar-refractivity contribution in [2.75, 3.05) is 78.1 Å². The Balaban J connectivity index is 1.11. The molecular formula is C80H66N8O12. The van der Waals surface area contributed by atoms with Crippen LogP contribution in [0.2, 0.25) is 0 Å². The van der Waals surface area contributed by atoms with Crippen LogP contribution in [0.5, 0.6) is 46.0 Å². The first-order valence-corrected chi connectivity index (χ1v) is 31.5. The number of aromatic nitrogens is 4. The molecule has 2 aliphatic rings. The largest absolute Gasteiger partial charge is 0.493 e. The van der Waals surface area contributed by atoms with Gasteiger partial charge in [-0.3, -0.25) is 19.2 Å². The van der Waals surface area contributed by atoms with E-state index in [2.05, 4.69) is 31.2 Å². The molecule has 20 heteroatoms. The van der Waals surface area contributed by atoms with E-state index in [9.17, 15) is 19.2 Å². The maximum Gasteiger partial charge on any atom is 0.259 e. The SMILES string of the molecule is COc1cccc(C(=O)Nc2ccccc2-c2c3nc(c(-c4ccccc4NC(=O)c4cccc(OC)c4OC)c4ccc([nH]4)c(-c4ccccc4NC(=O)c4cccc(OC)c4OC)c4nc(c(-c5ccccc5NC(=O)c5cccc(OC)c5OC)c5ccc2[nH]5)C=C4)C=C3)c1OC. The van der Waals surface area contributed by atoms with Crippen molar-refractivity contribution in [2.45, 2.75) is 0 Å². The molecule has 6 N–H and O–H groups in total. The van der Waals surface area contributed by atoms with Crippen molar-refractivity contribution in [2.24, 2.45) is 0 Å². The highest BCUT2D eigenvalue weighted by Gasteiger charge is 2.28. The number of aromatic amines is 2. The van der Waals surface area contributed by atoms with Gasteiger partial charge in [0.25, 0.3) is 23.6 Å². The Labute approximate surface area is 574 Å². The number of hydrogen-bond donors (Lipinski definition) is 6. The third-order valence-electron chi connectivity index (χ3n) is 17.1. The summed E-state index contributed by atoms with van der Waals surface area (Å²) in [6, 6.07) is 57.7. The first-order chi connectivity index (χ1) is 48.9. The number of nitrogens with one attached hydrogen (secondary N) is 6. The molecule has 3 aromatic heterocycles. The summed E-state index contributed by atoms with van der Waals surface area (Å²) in [5.41, 5.74) is 11.4. The molecular weight excluding hydrogens is 1260 g/mol. The van der Waals surface area contributed by atoms with Crippen LogP contribution in [-0.4, -0.2) is 100 Å². The first kappa shape index (κ1) is 65.3. The second-order valence-electron chi connectivity index (χ2n) is 22.7. The zero-order chi connectivity index (χ0) is 69.6. The second-order valence-corrected chi connectivity index (χ2v) is 22.7. The molecule has 0 saturated carbocycles. The van der Waals surface area contributed by atoms with Crippen LogP contribution in [0.25, 0.3) is 90.9 Å². The van der Waals surface area contributed by atoms with Crippen molar-refractivity contribution in [1.29, 1.82) is 0 Å². The van der Waals surface area contributed by atoms with E-state index in [1.807, 2.05) is 146 Å². The quantitative estimate of drug-likeness (QED) is 0.0416. The average molecular weight is 1330 g/mol. The van der Waals surface area contributed by atoms with Crippen LogP contribution >= 0.6 is 0 Å². The topological polar surface area (TPSA) is 248 Å². The molecule has 8 aromatic carbocycles. The van der Waals surface area contributed by atoms with E-state index in [-0.39, 0.29) is 45.3 Å². The summed E-state index contributed by atoms with van der Waals surface area (Å²) in [5, 5.41) is 12.7. The highest BCUT2D eigenvalue weighted by Crippen LogP contribution is 2.45. The van der Waals surface area contributed by atoms with Gasteiger partial charge in [-0.1, -0.05) is 97.1 Å². The summed E-state index contributed by atoms with van der Waals surface area (Å²) in [7, 11) is 11.9. The number of amides is 4. The van der Waals surface area contributed by atoms with Gasteiger partial charge in [-0.2, -0.15) is 0 Å². The van der Waals surface area contributed by atoms with Crippen LogP contribution in [0.4, 0.5) is 22.7 Å². The molecule has 0 radical (unpaired) electrons.